The highest BCUT2D eigenvalue weighted by molar-refractivity contribution is 5.89. The molecule has 9 nitrogen and oxygen atoms in total. The van der Waals surface area contributed by atoms with Crippen molar-refractivity contribution in [1.29, 1.82) is 0 Å². The molecule has 2 aromatic heterocycles. The lowest BCUT2D eigenvalue weighted by Crippen LogP contribution is -2.50. The van der Waals surface area contributed by atoms with E-state index in [9.17, 15) is 13.6 Å². The van der Waals surface area contributed by atoms with Gasteiger partial charge in [-0.25, -0.2) is 18.6 Å². The van der Waals surface area contributed by atoms with Gasteiger partial charge in [-0.3, -0.25) is 0 Å². The van der Waals surface area contributed by atoms with Crippen LogP contribution in [0.4, 0.5) is 25.1 Å². The van der Waals surface area contributed by atoms with Gasteiger partial charge in [-0.1, -0.05) is 12.1 Å². The maximum absolute atomic E-state index is 13.5. The van der Waals surface area contributed by atoms with Gasteiger partial charge in [0.05, 0.1) is 7.11 Å². The van der Waals surface area contributed by atoms with Gasteiger partial charge in [-0.05, 0) is 29.8 Å². The summed E-state index contributed by atoms with van der Waals surface area (Å²) in [7, 11) is 1.62. The molecule has 1 aliphatic rings. The highest BCUT2D eigenvalue weighted by Gasteiger charge is 2.26. The first-order valence-electron chi connectivity index (χ1n) is 10.6. The zero-order valence-corrected chi connectivity index (χ0v) is 18.3. The number of fused-ring (bicyclic) bond motifs is 1. The molecular weight excluding hydrogens is 444 g/mol. The minimum Gasteiger partial charge on any atom is -0.497 e. The van der Waals surface area contributed by atoms with Crippen LogP contribution in [0.2, 0.25) is 0 Å². The van der Waals surface area contributed by atoms with E-state index < -0.39 is 11.6 Å². The van der Waals surface area contributed by atoms with Crippen molar-refractivity contribution in [3.63, 3.8) is 0 Å². The number of methoxy groups -OCH3 is 1. The van der Waals surface area contributed by atoms with Crippen molar-refractivity contribution < 1.29 is 18.3 Å². The molecule has 1 N–H and O–H groups in total. The van der Waals surface area contributed by atoms with Crippen molar-refractivity contribution in [3.05, 3.63) is 66.6 Å². The Hall–Kier alpha value is -4.28. The number of carbonyl (C=O) groups excluding carboxylic acids is 1. The Balaban J connectivity index is 1.36. The molecule has 0 unspecified atom stereocenters. The van der Waals surface area contributed by atoms with Crippen LogP contribution in [0.3, 0.4) is 0 Å². The second-order valence-corrected chi connectivity index (χ2v) is 7.73. The van der Waals surface area contributed by atoms with Crippen LogP contribution in [0.5, 0.6) is 5.75 Å². The molecule has 0 saturated carbocycles. The summed E-state index contributed by atoms with van der Waals surface area (Å²) in [5.74, 6) is 0.0825. The summed E-state index contributed by atoms with van der Waals surface area (Å²) in [5, 5.41) is 6.98. The van der Waals surface area contributed by atoms with Gasteiger partial charge < -0.3 is 19.9 Å². The number of hydrogen-bond acceptors (Lipinski definition) is 6. The molecule has 1 saturated heterocycles. The Morgan fingerprint density at radius 2 is 1.76 bits per heavy atom. The molecule has 4 aromatic rings. The zero-order chi connectivity index (χ0) is 23.7. The number of piperazine rings is 1. The molecule has 2 aromatic carbocycles. The third kappa shape index (κ3) is 4.07. The van der Waals surface area contributed by atoms with E-state index in [1.54, 1.807) is 22.7 Å². The van der Waals surface area contributed by atoms with Crippen LogP contribution >= 0.6 is 0 Å². The van der Waals surface area contributed by atoms with E-state index in [1.807, 2.05) is 24.3 Å². The maximum Gasteiger partial charge on any atom is 0.321 e. The van der Waals surface area contributed by atoms with E-state index in [0.29, 0.717) is 32.0 Å². The van der Waals surface area contributed by atoms with Gasteiger partial charge in [0.25, 0.3) is 5.78 Å². The predicted octanol–water partition coefficient (Wildman–Crippen LogP) is 3.43. The Kier molecular flexibility index (Phi) is 5.66. The molecule has 5 rings (SSSR count). The van der Waals surface area contributed by atoms with Crippen molar-refractivity contribution in [3.8, 4) is 16.9 Å². The number of benzene rings is 2. The summed E-state index contributed by atoms with van der Waals surface area (Å²) >= 11 is 0. The second kappa shape index (κ2) is 8.93. The minimum absolute atomic E-state index is 0.201. The average molecular weight is 465 g/mol. The van der Waals surface area contributed by atoms with Crippen LogP contribution < -0.4 is 15.0 Å². The van der Waals surface area contributed by atoms with Crippen LogP contribution in [0.15, 0.2) is 55.0 Å². The van der Waals surface area contributed by atoms with E-state index >= 15 is 0 Å². The maximum atomic E-state index is 13.5. The lowest BCUT2D eigenvalue weighted by atomic mass is 10.1. The molecule has 0 spiro atoms. The third-order valence-corrected chi connectivity index (χ3v) is 5.72. The molecule has 1 fully saturated rings. The normalized spacial score (nSPS) is 13.9. The summed E-state index contributed by atoms with van der Waals surface area (Å²) in [6.45, 7) is 1.92. The van der Waals surface area contributed by atoms with Crippen molar-refractivity contribution in [2.75, 3.05) is 43.5 Å². The quantitative estimate of drug-likeness (QED) is 0.497. The molecule has 0 atom stereocenters. The Labute approximate surface area is 193 Å². The standard InChI is InChI=1S/C23H21F2N7O2/c1-34-17-5-2-15(3-6-17)18-13-26-22-27-14-28-32(22)21(18)30-8-10-31(11-9-30)23(33)29-16-4-7-19(24)20(25)12-16/h2-7,12-14H,8-11H2,1H3,(H,29,33). The lowest BCUT2D eigenvalue weighted by molar-refractivity contribution is 0.208. The first kappa shape index (κ1) is 21.6. The van der Waals surface area contributed by atoms with Gasteiger partial charge in [0.1, 0.15) is 17.9 Å². The van der Waals surface area contributed by atoms with Gasteiger partial charge in [0.15, 0.2) is 11.6 Å². The SMILES string of the molecule is COc1ccc(-c2cnc3ncnn3c2N2CCN(C(=O)Nc3ccc(F)c(F)c3)CC2)cc1. The fourth-order valence-electron chi connectivity index (χ4n) is 3.94. The number of nitrogens with zero attached hydrogens (tertiary/aromatic N) is 6. The van der Waals surface area contributed by atoms with Crippen molar-refractivity contribution in [2.45, 2.75) is 0 Å². The van der Waals surface area contributed by atoms with E-state index in [1.165, 1.54) is 12.4 Å². The number of anilines is 2. The van der Waals surface area contributed by atoms with Crippen LogP contribution in [-0.2, 0) is 0 Å². The minimum atomic E-state index is -1.01. The Bertz CT molecular complexity index is 1340. The van der Waals surface area contributed by atoms with Gasteiger partial charge in [-0.2, -0.15) is 14.6 Å². The monoisotopic (exact) mass is 465 g/mol. The fourth-order valence-corrected chi connectivity index (χ4v) is 3.94. The Morgan fingerprint density at radius 3 is 2.47 bits per heavy atom. The van der Waals surface area contributed by atoms with E-state index in [0.717, 1.165) is 34.8 Å². The number of urea groups is 1. The molecule has 2 amide bonds. The zero-order valence-electron chi connectivity index (χ0n) is 18.3. The van der Waals surface area contributed by atoms with Gasteiger partial charge in [0.2, 0.25) is 0 Å². The van der Waals surface area contributed by atoms with Gasteiger partial charge in [-0.15, -0.1) is 0 Å². The van der Waals surface area contributed by atoms with Crippen LogP contribution in [-0.4, -0.2) is 63.8 Å². The molecular formula is C23H21F2N7O2. The number of rotatable bonds is 4. The largest absolute Gasteiger partial charge is 0.497 e. The Morgan fingerprint density at radius 1 is 1.00 bits per heavy atom. The molecule has 0 bridgehead atoms. The van der Waals surface area contributed by atoms with Gasteiger partial charge in [0, 0.05) is 49.7 Å². The van der Waals surface area contributed by atoms with E-state index in [2.05, 4.69) is 25.3 Å². The molecule has 3 heterocycles. The average Bonchev–Trinajstić information content (AvgIpc) is 3.35. The van der Waals surface area contributed by atoms with Crippen LogP contribution in [0, 0.1) is 11.6 Å². The van der Waals surface area contributed by atoms with Crippen molar-refractivity contribution >= 4 is 23.3 Å². The van der Waals surface area contributed by atoms with Crippen molar-refractivity contribution in [2.24, 2.45) is 0 Å². The summed E-state index contributed by atoms with van der Waals surface area (Å²) in [6.07, 6.45) is 3.22. The summed E-state index contributed by atoms with van der Waals surface area (Å²) < 4.78 is 33.6. The highest BCUT2D eigenvalue weighted by Crippen LogP contribution is 2.32. The topological polar surface area (TPSA) is 87.9 Å². The summed E-state index contributed by atoms with van der Waals surface area (Å²) in [4.78, 5) is 25.0. The number of carbonyl (C=O) groups is 1. The fraction of sp³-hybridized carbons (Fsp3) is 0.217. The first-order valence-corrected chi connectivity index (χ1v) is 10.6. The third-order valence-electron chi connectivity index (χ3n) is 5.72. The molecule has 11 heteroatoms. The number of nitrogens with one attached hydrogen (secondary N) is 1. The molecule has 1 aliphatic heterocycles. The summed E-state index contributed by atoms with van der Waals surface area (Å²) in [6, 6.07) is 10.6. The number of aromatic nitrogens is 4. The number of hydrogen-bond donors (Lipinski definition) is 1. The second-order valence-electron chi connectivity index (χ2n) is 7.73. The lowest BCUT2D eigenvalue weighted by Gasteiger charge is -2.36. The molecule has 34 heavy (non-hydrogen) atoms. The number of halogens is 2. The molecule has 0 radical (unpaired) electrons. The molecule has 174 valence electrons. The summed E-state index contributed by atoms with van der Waals surface area (Å²) in [5.41, 5.74) is 2.02. The van der Waals surface area contributed by atoms with Crippen LogP contribution in [0.1, 0.15) is 0 Å². The van der Waals surface area contributed by atoms with E-state index in [4.69, 9.17) is 4.74 Å². The number of amides is 2. The highest BCUT2D eigenvalue weighted by atomic mass is 19.2. The van der Waals surface area contributed by atoms with Crippen molar-refractivity contribution in [1.82, 2.24) is 24.5 Å². The first-order chi connectivity index (χ1) is 16.5. The van der Waals surface area contributed by atoms with Crippen LogP contribution in [0.25, 0.3) is 16.9 Å². The molecule has 0 aliphatic carbocycles. The smallest absolute Gasteiger partial charge is 0.321 e. The van der Waals surface area contributed by atoms with E-state index in [-0.39, 0.29) is 11.7 Å². The predicted molar refractivity (Wildman–Crippen MR) is 122 cm³/mol. The van der Waals surface area contributed by atoms with Gasteiger partial charge >= 0.3 is 6.03 Å². The number of ether oxygens (including phenoxy) is 1.